The molecule has 4 fully saturated rings. The molecule has 2 aromatic rings. The Kier molecular flexibility index (Phi) is 16.0. The van der Waals surface area contributed by atoms with Gasteiger partial charge in [-0.1, -0.05) is 54.1 Å². The summed E-state index contributed by atoms with van der Waals surface area (Å²) < 4.78 is 5.29. The Bertz CT molecular complexity index is 1640. The van der Waals surface area contributed by atoms with E-state index < -0.39 is 54.1 Å². The molecule has 5 N–H and O–H groups in total. The van der Waals surface area contributed by atoms with Crippen LogP contribution in [0.5, 0.6) is 0 Å². The van der Waals surface area contributed by atoms with Gasteiger partial charge in [0.05, 0.1) is 19.1 Å². The second kappa shape index (κ2) is 20.8. The normalized spacial score (nSPS) is 24.3. The number of amides is 7. The van der Waals surface area contributed by atoms with Crippen molar-refractivity contribution in [3.63, 3.8) is 0 Å². The first-order chi connectivity index (χ1) is 26.4. The number of likely N-dealkylation sites (N-methyl/N-ethyl adjacent to an activating group) is 1. The molecule has 16 heteroatoms. The second-order valence-electron chi connectivity index (χ2n) is 13.8. The molecule has 6 rings (SSSR count). The predicted octanol–water partition coefficient (Wildman–Crippen LogP) is 1.32. The number of rotatable bonds is 3. The van der Waals surface area contributed by atoms with Gasteiger partial charge < -0.3 is 45.8 Å². The van der Waals surface area contributed by atoms with Crippen molar-refractivity contribution in [1.29, 1.82) is 0 Å². The molecular weight excluding hydrogens is 710 g/mol. The van der Waals surface area contributed by atoms with Crippen LogP contribution >= 0.6 is 0 Å². The highest BCUT2D eigenvalue weighted by Crippen LogP contribution is 2.26. The van der Waals surface area contributed by atoms with Crippen LogP contribution < -0.4 is 21.3 Å². The minimum atomic E-state index is -0.867. The molecular formula is C39H53N7O9. The Balaban J connectivity index is 0.000000250. The third kappa shape index (κ3) is 12.3. The lowest BCUT2D eigenvalue weighted by atomic mass is 9.99. The lowest BCUT2D eigenvalue weighted by molar-refractivity contribution is -0.156. The zero-order valence-electron chi connectivity index (χ0n) is 31.7. The number of aliphatic hydroxyl groups excluding tert-OH is 1. The minimum absolute atomic E-state index is 0.0236. The van der Waals surface area contributed by atoms with Gasteiger partial charge in [0.25, 0.3) is 0 Å². The van der Waals surface area contributed by atoms with Crippen LogP contribution in [0.3, 0.4) is 0 Å². The molecule has 298 valence electrons. The van der Waals surface area contributed by atoms with E-state index in [-0.39, 0.29) is 50.3 Å². The van der Waals surface area contributed by atoms with Crippen molar-refractivity contribution in [2.45, 2.75) is 89.1 Å². The molecule has 0 saturated carbocycles. The molecule has 55 heavy (non-hydrogen) atoms. The van der Waals surface area contributed by atoms with Gasteiger partial charge in [-0.25, -0.2) is 9.59 Å². The molecule has 4 aliphatic rings. The van der Waals surface area contributed by atoms with Crippen LogP contribution in [0.4, 0.5) is 10.5 Å². The number of carbonyl (C=O) groups is 7. The Hall–Kier alpha value is -5.51. The van der Waals surface area contributed by atoms with Gasteiger partial charge in [0.1, 0.15) is 30.8 Å². The maximum absolute atomic E-state index is 13.4. The first kappa shape index (κ1) is 42.2. The first-order valence-electron chi connectivity index (χ1n) is 18.8. The Morgan fingerprint density at radius 2 is 1.47 bits per heavy atom. The van der Waals surface area contributed by atoms with E-state index in [1.165, 1.54) is 27.3 Å². The van der Waals surface area contributed by atoms with Crippen LogP contribution in [0.25, 0.3) is 0 Å². The number of nitrogens with one attached hydrogen (secondary N) is 4. The molecule has 4 saturated heterocycles. The van der Waals surface area contributed by atoms with Crippen LogP contribution in [-0.2, 0) is 33.5 Å². The fraction of sp³-hybridized carbons (Fsp3) is 0.513. The van der Waals surface area contributed by atoms with E-state index in [0.29, 0.717) is 38.0 Å². The van der Waals surface area contributed by atoms with Crippen molar-refractivity contribution < 1.29 is 43.4 Å². The number of hydrogen-bond acceptors (Lipinski definition) is 9. The number of piperidine rings is 1. The SMILES string of the molecule is CC1NC(=O)C2CCCCN2C(=O)C2CC(O)CN2C(=O)CCOC(=O)C2CCCN2C1=O.CNC(=O)CNC(=O)Nc1ccccc1.Cc1ccccc1. The molecule has 16 nitrogen and oxygen atoms in total. The summed E-state index contributed by atoms with van der Waals surface area (Å²) in [5.41, 5.74) is 2.01. The predicted molar refractivity (Wildman–Crippen MR) is 202 cm³/mol. The van der Waals surface area contributed by atoms with Gasteiger partial charge in [0.2, 0.25) is 29.5 Å². The number of cyclic esters (lactones) is 1. The van der Waals surface area contributed by atoms with Gasteiger partial charge in [-0.15, -0.1) is 0 Å². The van der Waals surface area contributed by atoms with Crippen molar-refractivity contribution in [3.05, 3.63) is 66.2 Å². The molecule has 0 bridgehead atoms. The van der Waals surface area contributed by atoms with Crippen LogP contribution in [0.1, 0.15) is 57.4 Å². The van der Waals surface area contributed by atoms with Gasteiger partial charge >= 0.3 is 12.0 Å². The Morgan fingerprint density at radius 3 is 2.13 bits per heavy atom. The lowest BCUT2D eigenvalue weighted by Gasteiger charge is -2.38. The number of nitrogens with zero attached hydrogens (tertiary/aromatic N) is 3. The molecule has 2 aromatic carbocycles. The number of benzene rings is 2. The molecule has 0 aliphatic carbocycles. The zero-order valence-corrected chi connectivity index (χ0v) is 31.7. The van der Waals surface area contributed by atoms with Gasteiger partial charge in [-0.05, 0) is 58.1 Å². The number of anilines is 1. The summed E-state index contributed by atoms with van der Waals surface area (Å²) in [4.78, 5) is 91.3. The summed E-state index contributed by atoms with van der Waals surface area (Å²) in [6.45, 7) is 4.25. The highest BCUT2D eigenvalue weighted by molar-refractivity contribution is 5.96. The Labute approximate surface area is 321 Å². The number of ether oxygens (including phenoxy) is 1. The monoisotopic (exact) mass is 763 g/mol. The fourth-order valence-electron chi connectivity index (χ4n) is 6.84. The zero-order chi connectivity index (χ0) is 39.9. The number of urea groups is 1. The molecule has 0 spiro atoms. The van der Waals surface area contributed by atoms with Gasteiger partial charge in [0, 0.05) is 38.8 Å². The van der Waals surface area contributed by atoms with Crippen molar-refractivity contribution in [2.24, 2.45) is 0 Å². The standard InChI is InChI=1S/C22H32N4O7.C10H13N3O2.C7H8/c1-13-20(30)25-9-4-6-16(25)22(32)33-10-7-18(28)26-12-14(27)11-17(26)21(31)24-8-3-2-5-15(24)19(29)23-13;1-11-9(14)7-12-10(15)13-8-5-3-2-4-6-8;1-7-5-3-2-4-6-7/h13-17,27H,2-12H2,1H3,(H,23,29);2-6H,7H2,1H3,(H,11,14)(H2,12,13,15);2-6H,1H3. The van der Waals surface area contributed by atoms with Crippen LogP contribution in [0.2, 0.25) is 0 Å². The summed E-state index contributed by atoms with van der Waals surface area (Å²) >= 11 is 0. The average Bonchev–Trinajstić information content (AvgIpc) is 3.84. The summed E-state index contributed by atoms with van der Waals surface area (Å²) in [7, 11) is 1.51. The molecule has 0 aromatic heterocycles. The number of para-hydroxylation sites is 1. The largest absolute Gasteiger partial charge is 0.464 e. The number of carbonyl (C=O) groups excluding carboxylic acids is 7. The smallest absolute Gasteiger partial charge is 0.328 e. The van der Waals surface area contributed by atoms with Crippen molar-refractivity contribution >= 4 is 47.2 Å². The van der Waals surface area contributed by atoms with Crippen LogP contribution in [-0.4, -0.2) is 131 Å². The van der Waals surface area contributed by atoms with Crippen molar-refractivity contribution in [2.75, 3.05) is 45.2 Å². The molecule has 4 heterocycles. The van der Waals surface area contributed by atoms with E-state index in [1.807, 2.05) is 36.4 Å². The maximum Gasteiger partial charge on any atom is 0.328 e. The summed E-state index contributed by atoms with van der Waals surface area (Å²) in [5.74, 6) is -2.38. The topological polar surface area (TPSA) is 207 Å². The molecule has 5 unspecified atom stereocenters. The average molecular weight is 764 g/mol. The van der Waals surface area contributed by atoms with Crippen molar-refractivity contribution in [1.82, 2.24) is 30.7 Å². The number of aliphatic hydroxyl groups is 1. The second-order valence-corrected chi connectivity index (χ2v) is 13.8. The third-order valence-electron chi connectivity index (χ3n) is 9.73. The van der Waals surface area contributed by atoms with Crippen molar-refractivity contribution in [3.8, 4) is 0 Å². The molecule has 5 atom stereocenters. The van der Waals surface area contributed by atoms with E-state index >= 15 is 0 Å². The number of fused-ring (bicyclic) bond motifs is 3. The third-order valence-corrected chi connectivity index (χ3v) is 9.73. The minimum Gasteiger partial charge on any atom is -0.464 e. The van der Waals surface area contributed by atoms with Crippen LogP contribution in [0, 0.1) is 6.92 Å². The molecule has 4 aliphatic heterocycles. The van der Waals surface area contributed by atoms with E-state index in [0.717, 1.165) is 12.8 Å². The summed E-state index contributed by atoms with van der Waals surface area (Å²) in [6.07, 6.45) is 2.20. The Morgan fingerprint density at radius 1 is 0.836 bits per heavy atom. The maximum atomic E-state index is 13.4. The highest BCUT2D eigenvalue weighted by Gasteiger charge is 2.45. The number of esters is 1. The fourth-order valence-corrected chi connectivity index (χ4v) is 6.84. The van der Waals surface area contributed by atoms with Gasteiger partial charge in [0.15, 0.2) is 0 Å². The molecule has 7 amide bonds. The number of hydrogen-bond donors (Lipinski definition) is 5. The quantitative estimate of drug-likeness (QED) is 0.286. The van der Waals surface area contributed by atoms with E-state index in [1.54, 1.807) is 19.1 Å². The van der Waals surface area contributed by atoms with E-state index in [9.17, 15) is 38.7 Å². The summed E-state index contributed by atoms with van der Waals surface area (Å²) in [6, 6.07) is 15.7. The highest BCUT2D eigenvalue weighted by atomic mass is 16.5. The summed E-state index contributed by atoms with van der Waals surface area (Å²) in [5, 5.41) is 20.3. The number of aryl methyl sites for hydroxylation is 1. The lowest BCUT2D eigenvalue weighted by Crippen LogP contribution is -2.59. The van der Waals surface area contributed by atoms with E-state index in [4.69, 9.17) is 4.74 Å². The van der Waals surface area contributed by atoms with Gasteiger partial charge in [-0.2, -0.15) is 0 Å². The van der Waals surface area contributed by atoms with Crippen LogP contribution in [0.15, 0.2) is 60.7 Å². The molecule has 0 radical (unpaired) electrons. The first-order valence-corrected chi connectivity index (χ1v) is 18.8. The van der Waals surface area contributed by atoms with E-state index in [2.05, 4.69) is 40.3 Å². The van der Waals surface area contributed by atoms with Gasteiger partial charge in [-0.3, -0.25) is 24.0 Å².